The number of nitrogens with one attached hydrogen (secondary N) is 1. The van der Waals surface area contributed by atoms with Crippen LogP contribution in [0.2, 0.25) is 0 Å². The molecule has 114 valence electrons. The lowest BCUT2D eigenvalue weighted by Crippen LogP contribution is -2.38. The van der Waals surface area contributed by atoms with Crippen LogP contribution in [0.15, 0.2) is 24.3 Å². The minimum absolute atomic E-state index is 0.0944. The fraction of sp³-hybridized carbons (Fsp3) is 0.533. The maximum absolute atomic E-state index is 12.3. The van der Waals surface area contributed by atoms with Gasteiger partial charge in [-0.25, -0.2) is 17.9 Å². The summed E-state index contributed by atoms with van der Waals surface area (Å²) in [6.07, 6.45) is 4.49. The minimum Gasteiger partial charge on any atom is -0.478 e. The zero-order chi connectivity index (χ0) is 15.0. The molecule has 1 aromatic carbocycles. The Labute approximate surface area is 124 Å². The molecule has 6 heteroatoms. The lowest BCUT2D eigenvalue weighted by atomic mass is 10.1. The number of hydrogen-bond donors (Lipinski definition) is 2. The molecule has 0 aliphatic heterocycles. The summed E-state index contributed by atoms with van der Waals surface area (Å²) >= 11 is 0. The lowest BCUT2D eigenvalue weighted by Gasteiger charge is -2.17. The Kier molecular flexibility index (Phi) is 3.75. The summed E-state index contributed by atoms with van der Waals surface area (Å²) in [5.74, 6) is -0.0728. The molecule has 0 unspecified atom stereocenters. The smallest absolute Gasteiger partial charge is 0.335 e. The van der Waals surface area contributed by atoms with E-state index in [9.17, 15) is 13.2 Å². The molecule has 0 spiro atoms. The third-order valence-corrected chi connectivity index (χ3v) is 5.48. The van der Waals surface area contributed by atoms with Crippen LogP contribution in [0.4, 0.5) is 0 Å². The molecule has 2 aliphatic rings. The van der Waals surface area contributed by atoms with E-state index in [0.717, 1.165) is 25.7 Å². The zero-order valence-corrected chi connectivity index (χ0v) is 12.5. The highest BCUT2D eigenvalue weighted by atomic mass is 32.2. The number of aromatic carboxylic acids is 1. The summed E-state index contributed by atoms with van der Waals surface area (Å²) in [6, 6.07) is 6.10. The number of carboxylic acids is 1. The molecule has 0 amide bonds. The lowest BCUT2D eigenvalue weighted by molar-refractivity contribution is 0.0697. The van der Waals surface area contributed by atoms with Crippen molar-refractivity contribution in [3.05, 3.63) is 35.4 Å². The Morgan fingerprint density at radius 1 is 1.14 bits per heavy atom. The van der Waals surface area contributed by atoms with Crippen LogP contribution in [0.3, 0.4) is 0 Å². The van der Waals surface area contributed by atoms with Gasteiger partial charge in [0.1, 0.15) is 0 Å². The summed E-state index contributed by atoms with van der Waals surface area (Å²) in [6.45, 7) is 0. The molecule has 0 bridgehead atoms. The van der Waals surface area contributed by atoms with Gasteiger partial charge in [-0.05, 0) is 55.2 Å². The van der Waals surface area contributed by atoms with Crippen molar-refractivity contribution >= 4 is 16.0 Å². The fourth-order valence-corrected chi connectivity index (χ4v) is 4.21. The van der Waals surface area contributed by atoms with Crippen LogP contribution >= 0.6 is 0 Å². The highest BCUT2D eigenvalue weighted by Crippen LogP contribution is 2.44. The molecule has 2 saturated carbocycles. The second kappa shape index (κ2) is 5.42. The minimum atomic E-state index is -3.37. The fourth-order valence-electron chi connectivity index (χ4n) is 2.70. The monoisotopic (exact) mass is 309 g/mol. The van der Waals surface area contributed by atoms with Gasteiger partial charge >= 0.3 is 5.97 Å². The molecular weight excluding hydrogens is 290 g/mol. The number of carbonyl (C=O) groups is 1. The van der Waals surface area contributed by atoms with Gasteiger partial charge in [0.15, 0.2) is 0 Å². The molecule has 2 aliphatic carbocycles. The Hall–Kier alpha value is -1.40. The third-order valence-electron chi connectivity index (χ3n) is 4.13. The molecule has 5 nitrogen and oxygen atoms in total. The van der Waals surface area contributed by atoms with Gasteiger partial charge < -0.3 is 5.11 Å². The van der Waals surface area contributed by atoms with Crippen LogP contribution in [0.25, 0.3) is 0 Å². The maximum Gasteiger partial charge on any atom is 0.335 e. The van der Waals surface area contributed by atoms with Gasteiger partial charge in [0, 0.05) is 6.04 Å². The van der Waals surface area contributed by atoms with E-state index >= 15 is 0 Å². The topological polar surface area (TPSA) is 83.5 Å². The quantitative estimate of drug-likeness (QED) is 0.807. The predicted molar refractivity (Wildman–Crippen MR) is 78.4 cm³/mol. The van der Waals surface area contributed by atoms with E-state index < -0.39 is 16.0 Å². The zero-order valence-electron chi connectivity index (χ0n) is 11.7. The van der Waals surface area contributed by atoms with Crippen LogP contribution < -0.4 is 4.72 Å². The first kappa shape index (κ1) is 14.5. The van der Waals surface area contributed by atoms with Crippen molar-refractivity contribution in [3.63, 3.8) is 0 Å². The van der Waals surface area contributed by atoms with Crippen LogP contribution in [0.1, 0.15) is 41.6 Å². The van der Waals surface area contributed by atoms with Gasteiger partial charge in [-0.3, -0.25) is 0 Å². The maximum atomic E-state index is 12.3. The van der Waals surface area contributed by atoms with Gasteiger partial charge in [0.05, 0.1) is 11.3 Å². The van der Waals surface area contributed by atoms with Crippen molar-refractivity contribution in [2.24, 2.45) is 11.8 Å². The molecule has 0 heterocycles. The first-order valence-electron chi connectivity index (χ1n) is 7.27. The number of hydrogen-bond acceptors (Lipinski definition) is 3. The number of carboxylic acid groups (broad SMARTS) is 1. The summed E-state index contributed by atoms with van der Waals surface area (Å²) in [7, 11) is -3.37. The molecule has 3 rings (SSSR count). The number of benzene rings is 1. The standard InChI is InChI=1S/C15H19NO4S/c17-15(18)13-3-1-10(2-4-13)9-21(19,20)16-14(11-5-6-11)12-7-8-12/h1-4,11-12,14,16H,5-9H2,(H,17,18). The van der Waals surface area contributed by atoms with Crippen LogP contribution in [-0.2, 0) is 15.8 Å². The van der Waals surface area contributed by atoms with Gasteiger partial charge in [0.25, 0.3) is 0 Å². The normalized spacial score (nSPS) is 18.9. The molecule has 21 heavy (non-hydrogen) atoms. The summed E-state index contributed by atoms with van der Waals surface area (Å²) in [5, 5.41) is 8.83. The Morgan fingerprint density at radius 2 is 1.67 bits per heavy atom. The summed E-state index contributed by atoms with van der Waals surface area (Å²) in [4.78, 5) is 10.8. The van der Waals surface area contributed by atoms with E-state index in [1.807, 2.05) is 0 Å². The van der Waals surface area contributed by atoms with Gasteiger partial charge in [-0.15, -0.1) is 0 Å². The van der Waals surface area contributed by atoms with Crippen LogP contribution in [-0.4, -0.2) is 25.5 Å². The first-order chi connectivity index (χ1) is 9.94. The Bertz CT molecular complexity index is 618. The third kappa shape index (κ3) is 3.83. The van der Waals surface area contributed by atoms with Crippen molar-refractivity contribution < 1.29 is 18.3 Å². The van der Waals surface area contributed by atoms with E-state index in [0.29, 0.717) is 17.4 Å². The van der Waals surface area contributed by atoms with Gasteiger partial charge in [-0.1, -0.05) is 12.1 Å². The Morgan fingerprint density at radius 3 is 2.10 bits per heavy atom. The van der Waals surface area contributed by atoms with E-state index in [1.165, 1.54) is 12.1 Å². The molecule has 2 fully saturated rings. The van der Waals surface area contributed by atoms with Gasteiger partial charge in [-0.2, -0.15) is 0 Å². The van der Waals surface area contributed by atoms with Crippen molar-refractivity contribution in [3.8, 4) is 0 Å². The highest BCUT2D eigenvalue weighted by Gasteiger charge is 2.43. The molecular formula is C15H19NO4S. The molecule has 0 atom stereocenters. The molecule has 1 aromatic rings. The summed E-state index contributed by atoms with van der Waals surface area (Å²) < 4.78 is 27.4. The van der Waals surface area contributed by atoms with E-state index in [4.69, 9.17) is 5.11 Å². The van der Waals surface area contributed by atoms with Crippen molar-refractivity contribution in [1.82, 2.24) is 4.72 Å². The first-order valence-corrected chi connectivity index (χ1v) is 8.92. The second-order valence-electron chi connectivity index (χ2n) is 6.08. The van der Waals surface area contributed by atoms with E-state index in [-0.39, 0.29) is 17.4 Å². The Balaban J connectivity index is 1.65. The number of rotatable bonds is 7. The largest absolute Gasteiger partial charge is 0.478 e. The SMILES string of the molecule is O=C(O)c1ccc(CS(=O)(=O)NC(C2CC2)C2CC2)cc1. The summed E-state index contributed by atoms with van der Waals surface area (Å²) in [5.41, 5.74) is 0.774. The van der Waals surface area contributed by atoms with Crippen LogP contribution in [0, 0.1) is 11.8 Å². The molecule has 0 aromatic heterocycles. The van der Waals surface area contributed by atoms with Crippen molar-refractivity contribution in [2.75, 3.05) is 0 Å². The van der Waals surface area contributed by atoms with Crippen LogP contribution in [0.5, 0.6) is 0 Å². The van der Waals surface area contributed by atoms with Gasteiger partial charge in [0.2, 0.25) is 10.0 Å². The molecule has 2 N–H and O–H groups in total. The average molecular weight is 309 g/mol. The highest BCUT2D eigenvalue weighted by molar-refractivity contribution is 7.88. The van der Waals surface area contributed by atoms with Crippen molar-refractivity contribution in [1.29, 1.82) is 0 Å². The predicted octanol–water partition coefficient (Wildman–Crippen LogP) is 1.99. The van der Waals surface area contributed by atoms with E-state index in [2.05, 4.69) is 4.72 Å². The number of sulfonamides is 1. The van der Waals surface area contributed by atoms with Crippen molar-refractivity contribution in [2.45, 2.75) is 37.5 Å². The average Bonchev–Trinajstić information content (AvgIpc) is 3.27. The molecule has 0 radical (unpaired) electrons. The molecule has 0 saturated heterocycles. The second-order valence-corrected chi connectivity index (χ2v) is 7.83. The van der Waals surface area contributed by atoms with E-state index in [1.54, 1.807) is 12.1 Å².